The Labute approximate surface area is 166 Å². The van der Waals surface area contributed by atoms with Crippen LogP contribution in [0.15, 0.2) is 53.4 Å². The van der Waals surface area contributed by atoms with Gasteiger partial charge in [0.2, 0.25) is 5.91 Å². The summed E-state index contributed by atoms with van der Waals surface area (Å²) in [5.41, 5.74) is 1.14. The minimum absolute atomic E-state index is 0.0205. The summed E-state index contributed by atoms with van der Waals surface area (Å²) in [6.07, 6.45) is 0.906. The third-order valence-corrected chi connectivity index (χ3v) is 5.36. The molecular formula is C22H29NO3S. The fourth-order valence-corrected chi connectivity index (χ4v) is 3.78. The third kappa shape index (κ3) is 6.21. The lowest BCUT2D eigenvalue weighted by Gasteiger charge is -2.23. The van der Waals surface area contributed by atoms with Crippen molar-refractivity contribution in [1.82, 2.24) is 5.32 Å². The molecule has 0 unspecified atom stereocenters. The number of amides is 1. The van der Waals surface area contributed by atoms with Crippen LogP contribution in [-0.4, -0.2) is 25.4 Å². The summed E-state index contributed by atoms with van der Waals surface area (Å²) in [5, 5.41) is 3.00. The molecule has 0 aliphatic rings. The number of nitrogens with one attached hydrogen (secondary N) is 1. The van der Waals surface area contributed by atoms with E-state index in [1.807, 2.05) is 43.3 Å². The maximum atomic E-state index is 12.8. The highest BCUT2D eigenvalue weighted by Gasteiger charge is 2.21. The Bertz CT molecular complexity index is 734. The average Bonchev–Trinajstić information content (AvgIpc) is 2.67. The molecule has 2 aromatic rings. The van der Waals surface area contributed by atoms with Crippen molar-refractivity contribution < 1.29 is 14.3 Å². The Balaban J connectivity index is 2.07. The molecule has 0 heterocycles. The zero-order valence-corrected chi connectivity index (χ0v) is 17.5. The van der Waals surface area contributed by atoms with Crippen molar-refractivity contribution >= 4 is 17.7 Å². The molecule has 5 heteroatoms. The summed E-state index contributed by atoms with van der Waals surface area (Å²) >= 11 is 1.51. The van der Waals surface area contributed by atoms with E-state index >= 15 is 0 Å². The molecule has 2 atom stereocenters. The van der Waals surface area contributed by atoms with Gasteiger partial charge in [-0.25, -0.2) is 0 Å². The zero-order chi connectivity index (χ0) is 19.8. The number of ether oxygens (including phenoxy) is 2. The summed E-state index contributed by atoms with van der Waals surface area (Å²) < 4.78 is 10.6. The molecule has 27 heavy (non-hydrogen) atoms. The largest absolute Gasteiger partial charge is 0.493 e. The molecule has 0 saturated heterocycles. The predicted octanol–water partition coefficient (Wildman–Crippen LogP) is 5.09. The van der Waals surface area contributed by atoms with E-state index in [9.17, 15) is 4.79 Å². The molecular weight excluding hydrogens is 358 g/mol. The Kier molecular flexibility index (Phi) is 8.04. The SMILES string of the molecule is COc1ccc(S[C@H](C)C(=O)N[C@H](CC(C)C)c2ccccc2)cc1OC. The van der Waals surface area contributed by atoms with E-state index in [-0.39, 0.29) is 17.2 Å². The summed E-state index contributed by atoms with van der Waals surface area (Å²) in [7, 11) is 3.22. The van der Waals surface area contributed by atoms with E-state index in [4.69, 9.17) is 9.47 Å². The molecule has 0 aliphatic carbocycles. The third-order valence-electron chi connectivity index (χ3n) is 4.26. The van der Waals surface area contributed by atoms with Crippen LogP contribution in [-0.2, 0) is 4.79 Å². The van der Waals surface area contributed by atoms with Gasteiger partial charge in [-0.2, -0.15) is 0 Å². The first-order valence-electron chi connectivity index (χ1n) is 9.18. The summed E-state index contributed by atoms with van der Waals surface area (Å²) in [4.78, 5) is 13.8. The van der Waals surface area contributed by atoms with Gasteiger partial charge in [0.25, 0.3) is 0 Å². The topological polar surface area (TPSA) is 47.6 Å². The van der Waals surface area contributed by atoms with Gasteiger partial charge in [0, 0.05) is 4.90 Å². The number of hydrogen-bond donors (Lipinski definition) is 1. The van der Waals surface area contributed by atoms with Crippen LogP contribution in [0.1, 0.15) is 38.8 Å². The Morgan fingerprint density at radius 3 is 2.26 bits per heavy atom. The van der Waals surface area contributed by atoms with Crippen LogP contribution in [0.3, 0.4) is 0 Å². The molecule has 4 nitrogen and oxygen atoms in total. The molecule has 2 aromatic carbocycles. The highest BCUT2D eigenvalue weighted by molar-refractivity contribution is 8.00. The normalized spacial score (nSPS) is 13.1. The van der Waals surface area contributed by atoms with Gasteiger partial charge in [-0.3, -0.25) is 4.79 Å². The van der Waals surface area contributed by atoms with Crippen molar-refractivity contribution in [2.45, 2.75) is 43.4 Å². The van der Waals surface area contributed by atoms with Crippen molar-refractivity contribution in [2.24, 2.45) is 5.92 Å². The van der Waals surface area contributed by atoms with Crippen molar-refractivity contribution in [3.8, 4) is 11.5 Å². The molecule has 0 aliphatic heterocycles. The number of methoxy groups -OCH3 is 2. The maximum absolute atomic E-state index is 12.8. The van der Waals surface area contributed by atoms with Gasteiger partial charge < -0.3 is 14.8 Å². The number of carbonyl (C=O) groups is 1. The molecule has 146 valence electrons. The maximum Gasteiger partial charge on any atom is 0.233 e. The first-order valence-corrected chi connectivity index (χ1v) is 10.1. The molecule has 0 bridgehead atoms. The monoisotopic (exact) mass is 387 g/mol. The first-order chi connectivity index (χ1) is 12.9. The van der Waals surface area contributed by atoms with E-state index in [0.717, 1.165) is 16.9 Å². The van der Waals surface area contributed by atoms with E-state index in [2.05, 4.69) is 31.3 Å². The van der Waals surface area contributed by atoms with Crippen LogP contribution < -0.4 is 14.8 Å². The van der Waals surface area contributed by atoms with Gasteiger partial charge in [0.1, 0.15) is 0 Å². The Morgan fingerprint density at radius 1 is 1.00 bits per heavy atom. The van der Waals surface area contributed by atoms with E-state index < -0.39 is 0 Å². The van der Waals surface area contributed by atoms with Crippen molar-refractivity contribution in [3.63, 3.8) is 0 Å². The fraction of sp³-hybridized carbons (Fsp3) is 0.409. The summed E-state index contributed by atoms with van der Waals surface area (Å²) in [6, 6.07) is 15.9. The first kappa shape index (κ1) is 21.2. The van der Waals surface area contributed by atoms with Gasteiger partial charge in [0.05, 0.1) is 25.5 Å². The zero-order valence-electron chi connectivity index (χ0n) is 16.7. The Morgan fingerprint density at radius 2 is 1.67 bits per heavy atom. The molecule has 0 aromatic heterocycles. The lowest BCUT2D eigenvalue weighted by Crippen LogP contribution is -2.35. The minimum atomic E-state index is -0.221. The average molecular weight is 388 g/mol. The van der Waals surface area contributed by atoms with Gasteiger partial charge in [-0.05, 0) is 43.0 Å². The number of thioether (sulfide) groups is 1. The van der Waals surface area contributed by atoms with E-state index in [0.29, 0.717) is 17.4 Å². The summed E-state index contributed by atoms with van der Waals surface area (Å²) in [5.74, 6) is 1.87. The number of hydrogen-bond acceptors (Lipinski definition) is 4. The molecule has 1 N–H and O–H groups in total. The summed E-state index contributed by atoms with van der Waals surface area (Å²) in [6.45, 7) is 6.27. The quantitative estimate of drug-likeness (QED) is 0.609. The van der Waals surface area contributed by atoms with Crippen LogP contribution in [0.4, 0.5) is 0 Å². The molecule has 0 saturated carbocycles. The second kappa shape index (κ2) is 10.3. The lowest BCUT2D eigenvalue weighted by molar-refractivity contribution is -0.121. The molecule has 0 fully saturated rings. The molecule has 1 amide bonds. The fourth-order valence-electron chi connectivity index (χ4n) is 2.87. The second-order valence-electron chi connectivity index (χ2n) is 6.88. The van der Waals surface area contributed by atoms with Crippen molar-refractivity contribution in [1.29, 1.82) is 0 Å². The highest BCUT2D eigenvalue weighted by atomic mass is 32.2. The van der Waals surface area contributed by atoms with Gasteiger partial charge in [0.15, 0.2) is 11.5 Å². The van der Waals surface area contributed by atoms with Crippen LogP contribution in [0.25, 0.3) is 0 Å². The van der Waals surface area contributed by atoms with Gasteiger partial charge >= 0.3 is 0 Å². The van der Waals surface area contributed by atoms with Crippen LogP contribution in [0.2, 0.25) is 0 Å². The van der Waals surface area contributed by atoms with Crippen LogP contribution in [0.5, 0.6) is 11.5 Å². The van der Waals surface area contributed by atoms with Crippen molar-refractivity contribution in [3.05, 3.63) is 54.1 Å². The van der Waals surface area contributed by atoms with E-state index in [1.54, 1.807) is 14.2 Å². The minimum Gasteiger partial charge on any atom is -0.493 e. The standard InChI is InChI=1S/C22H29NO3S/c1-15(2)13-19(17-9-7-6-8-10-17)23-22(24)16(3)27-18-11-12-20(25-4)21(14-18)26-5/h6-12,14-16,19H,13H2,1-5H3,(H,23,24)/t16-,19-/m1/s1. The lowest BCUT2D eigenvalue weighted by atomic mass is 9.97. The van der Waals surface area contributed by atoms with Crippen molar-refractivity contribution in [2.75, 3.05) is 14.2 Å². The number of benzene rings is 2. The van der Waals surface area contributed by atoms with Gasteiger partial charge in [-0.1, -0.05) is 44.2 Å². The second-order valence-corrected chi connectivity index (χ2v) is 8.29. The van der Waals surface area contributed by atoms with Crippen LogP contribution >= 0.6 is 11.8 Å². The van der Waals surface area contributed by atoms with Gasteiger partial charge in [-0.15, -0.1) is 11.8 Å². The molecule has 2 rings (SSSR count). The highest BCUT2D eigenvalue weighted by Crippen LogP contribution is 2.34. The number of rotatable bonds is 9. The molecule has 0 radical (unpaired) electrons. The van der Waals surface area contributed by atoms with E-state index in [1.165, 1.54) is 11.8 Å². The predicted molar refractivity (Wildman–Crippen MR) is 112 cm³/mol. The molecule has 0 spiro atoms. The number of carbonyl (C=O) groups excluding carboxylic acids is 1. The van der Waals surface area contributed by atoms with Crippen LogP contribution in [0, 0.1) is 5.92 Å². The Hall–Kier alpha value is -2.14. The smallest absolute Gasteiger partial charge is 0.233 e.